The van der Waals surface area contributed by atoms with Crippen molar-refractivity contribution in [1.29, 1.82) is 0 Å². The maximum Gasteiger partial charge on any atom is 0.191 e. The molecule has 0 radical (unpaired) electrons. The molecule has 3 rings (SSSR count). The van der Waals surface area contributed by atoms with Gasteiger partial charge >= 0.3 is 0 Å². The van der Waals surface area contributed by atoms with Crippen molar-refractivity contribution in [1.82, 2.24) is 15.6 Å². The Morgan fingerprint density at radius 2 is 2.24 bits per heavy atom. The highest BCUT2D eigenvalue weighted by Gasteiger charge is 2.17. The average molecular weight is 529 g/mol. The van der Waals surface area contributed by atoms with Crippen LogP contribution < -0.4 is 15.5 Å². The number of nitrogens with zero attached hydrogens (tertiary/aromatic N) is 3. The third-order valence-electron chi connectivity index (χ3n) is 4.81. The van der Waals surface area contributed by atoms with E-state index in [4.69, 9.17) is 4.74 Å². The zero-order valence-electron chi connectivity index (χ0n) is 17.4. The van der Waals surface area contributed by atoms with Crippen LogP contribution in [0.3, 0.4) is 0 Å². The number of rotatable bonds is 7. The summed E-state index contributed by atoms with van der Waals surface area (Å²) in [5.74, 6) is 2.39. The first-order chi connectivity index (χ1) is 13.6. The molecule has 1 saturated heterocycles. The SMILES string of the molecule is CN=C(NCc1ccc(N2CCOC(C)C2)nc1)NCC(C)Cc1cccs1.I. The van der Waals surface area contributed by atoms with Gasteiger partial charge in [-0.2, -0.15) is 0 Å². The van der Waals surface area contributed by atoms with E-state index in [1.54, 1.807) is 7.05 Å². The summed E-state index contributed by atoms with van der Waals surface area (Å²) in [6.45, 7) is 8.51. The molecule has 29 heavy (non-hydrogen) atoms. The van der Waals surface area contributed by atoms with Crippen LogP contribution in [0.4, 0.5) is 5.82 Å². The van der Waals surface area contributed by atoms with Gasteiger partial charge in [0.25, 0.3) is 0 Å². The second-order valence-electron chi connectivity index (χ2n) is 7.35. The lowest BCUT2D eigenvalue weighted by molar-refractivity contribution is 0.0529. The van der Waals surface area contributed by atoms with Crippen molar-refractivity contribution in [2.45, 2.75) is 32.9 Å². The largest absolute Gasteiger partial charge is 0.375 e. The quantitative estimate of drug-likeness (QED) is 0.327. The molecule has 1 aliphatic rings. The van der Waals surface area contributed by atoms with E-state index in [0.717, 1.165) is 50.0 Å². The van der Waals surface area contributed by atoms with E-state index >= 15 is 0 Å². The summed E-state index contributed by atoms with van der Waals surface area (Å²) in [7, 11) is 1.81. The van der Waals surface area contributed by atoms with Crippen LogP contribution in [0.15, 0.2) is 40.8 Å². The molecule has 1 aliphatic heterocycles. The number of thiophene rings is 1. The molecule has 0 spiro atoms. The number of morpholine rings is 1. The fourth-order valence-electron chi connectivity index (χ4n) is 3.26. The second-order valence-corrected chi connectivity index (χ2v) is 8.38. The van der Waals surface area contributed by atoms with Gasteiger partial charge in [0, 0.05) is 44.3 Å². The number of anilines is 1. The molecule has 2 atom stereocenters. The summed E-state index contributed by atoms with van der Waals surface area (Å²) in [5, 5.41) is 8.93. The summed E-state index contributed by atoms with van der Waals surface area (Å²) in [6, 6.07) is 8.53. The molecule has 0 amide bonds. The lowest BCUT2D eigenvalue weighted by atomic mass is 10.1. The second kappa shape index (κ2) is 12.3. The Hall–Kier alpha value is -1.39. The van der Waals surface area contributed by atoms with E-state index in [1.165, 1.54) is 4.88 Å². The number of guanidine groups is 1. The summed E-state index contributed by atoms with van der Waals surface area (Å²) in [4.78, 5) is 12.7. The third-order valence-corrected chi connectivity index (χ3v) is 5.70. The first kappa shape index (κ1) is 23.9. The Labute approximate surface area is 195 Å². The Balaban J connectivity index is 0.00000300. The summed E-state index contributed by atoms with van der Waals surface area (Å²) in [6.07, 6.45) is 3.29. The van der Waals surface area contributed by atoms with Crippen LogP contribution in [0, 0.1) is 5.92 Å². The van der Waals surface area contributed by atoms with Gasteiger partial charge in [-0.25, -0.2) is 4.98 Å². The predicted molar refractivity (Wildman–Crippen MR) is 133 cm³/mol. The number of hydrogen-bond acceptors (Lipinski definition) is 5. The van der Waals surface area contributed by atoms with Gasteiger partial charge in [-0.1, -0.05) is 19.1 Å². The molecule has 160 valence electrons. The number of aromatic nitrogens is 1. The molecular formula is C21H32IN5OS. The molecule has 0 bridgehead atoms. The Morgan fingerprint density at radius 1 is 1.38 bits per heavy atom. The molecule has 8 heteroatoms. The summed E-state index contributed by atoms with van der Waals surface area (Å²) in [5.41, 5.74) is 1.14. The van der Waals surface area contributed by atoms with Crippen LogP contribution in [0.25, 0.3) is 0 Å². The fourth-order valence-corrected chi connectivity index (χ4v) is 4.13. The minimum atomic E-state index is 0. The van der Waals surface area contributed by atoms with Gasteiger partial charge in [-0.15, -0.1) is 35.3 Å². The standard InChI is InChI=1S/C21H31N5OS.HI/c1-16(11-19-5-4-10-28-19)12-24-21(22-3)25-14-18-6-7-20(23-13-18)26-8-9-27-17(2)15-26;/h4-7,10,13,16-17H,8-9,11-12,14-15H2,1-3H3,(H2,22,24,25);1H. The molecular weight excluding hydrogens is 497 g/mol. The number of nitrogens with one attached hydrogen (secondary N) is 2. The van der Waals surface area contributed by atoms with Gasteiger partial charge in [0.05, 0.1) is 12.7 Å². The van der Waals surface area contributed by atoms with Crippen LogP contribution >= 0.6 is 35.3 Å². The van der Waals surface area contributed by atoms with E-state index < -0.39 is 0 Å². The zero-order valence-corrected chi connectivity index (χ0v) is 20.6. The lowest BCUT2D eigenvalue weighted by Gasteiger charge is -2.32. The Kier molecular flexibility index (Phi) is 10.2. The van der Waals surface area contributed by atoms with Crippen molar-refractivity contribution in [3.05, 3.63) is 46.3 Å². The van der Waals surface area contributed by atoms with E-state index in [-0.39, 0.29) is 30.1 Å². The molecule has 1 fully saturated rings. The number of pyridine rings is 1. The van der Waals surface area contributed by atoms with Gasteiger partial charge in [0.2, 0.25) is 0 Å². The van der Waals surface area contributed by atoms with Gasteiger partial charge in [0.15, 0.2) is 5.96 Å². The van der Waals surface area contributed by atoms with Crippen molar-refractivity contribution < 1.29 is 4.74 Å². The average Bonchev–Trinajstić information content (AvgIpc) is 3.21. The Bertz CT molecular complexity index is 738. The maximum absolute atomic E-state index is 5.60. The van der Waals surface area contributed by atoms with Gasteiger partial charge in [-0.3, -0.25) is 4.99 Å². The van der Waals surface area contributed by atoms with Crippen molar-refractivity contribution >= 4 is 47.1 Å². The van der Waals surface area contributed by atoms with E-state index in [2.05, 4.69) is 69.0 Å². The molecule has 2 unspecified atom stereocenters. The van der Waals surface area contributed by atoms with Gasteiger partial charge < -0.3 is 20.3 Å². The molecule has 3 heterocycles. The van der Waals surface area contributed by atoms with Gasteiger partial charge in [-0.05, 0) is 42.3 Å². The van der Waals surface area contributed by atoms with Crippen molar-refractivity contribution in [3.63, 3.8) is 0 Å². The number of ether oxygens (including phenoxy) is 1. The molecule has 0 saturated carbocycles. The topological polar surface area (TPSA) is 61.8 Å². The predicted octanol–water partition coefficient (Wildman–Crippen LogP) is 3.53. The van der Waals surface area contributed by atoms with Crippen LogP contribution in [0.2, 0.25) is 0 Å². The van der Waals surface area contributed by atoms with E-state index in [9.17, 15) is 0 Å². The lowest BCUT2D eigenvalue weighted by Crippen LogP contribution is -2.41. The zero-order chi connectivity index (χ0) is 19.8. The molecule has 6 nitrogen and oxygen atoms in total. The van der Waals surface area contributed by atoms with Crippen LogP contribution in [0.5, 0.6) is 0 Å². The van der Waals surface area contributed by atoms with Crippen LogP contribution in [-0.4, -0.2) is 50.3 Å². The first-order valence-electron chi connectivity index (χ1n) is 9.92. The highest BCUT2D eigenvalue weighted by Crippen LogP contribution is 2.16. The summed E-state index contributed by atoms with van der Waals surface area (Å²) < 4.78 is 5.60. The highest BCUT2D eigenvalue weighted by molar-refractivity contribution is 14.0. The summed E-state index contributed by atoms with van der Waals surface area (Å²) >= 11 is 1.82. The van der Waals surface area contributed by atoms with E-state index in [1.807, 2.05) is 17.5 Å². The van der Waals surface area contributed by atoms with E-state index in [0.29, 0.717) is 12.5 Å². The fraction of sp³-hybridized carbons (Fsp3) is 0.524. The van der Waals surface area contributed by atoms with Crippen molar-refractivity contribution in [3.8, 4) is 0 Å². The molecule has 0 aromatic carbocycles. The number of hydrogen-bond donors (Lipinski definition) is 2. The molecule has 2 N–H and O–H groups in total. The number of aliphatic imine (C=N–C) groups is 1. The normalized spacial score (nSPS) is 18.1. The van der Waals surface area contributed by atoms with Gasteiger partial charge in [0.1, 0.15) is 5.82 Å². The molecule has 0 aliphatic carbocycles. The van der Waals surface area contributed by atoms with Crippen LogP contribution in [0.1, 0.15) is 24.3 Å². The highest BCUT2D eigenvalue weighted by atomic mass is 127. The molecule has 2 aromatic heterocycles. The van der Waals surface area contributed by atoms with Crippen molar-refractivity contribution in [2.24, 2.45) is 10.9 Å². The maximum atomic E-state index is 5.60. The minimum Gasteiger partial charge on any atom is -0.375 e. The smallest absolute Gasteiger partial charge is 0.191 e. The minimum absolute atomic E-state index is 0. The van der Waals surface area contributed by atoms with Crippen molar-refractivity contribution in [2.75, 3.05) is 38.2 Å². The molecule has 2 aromatic rings. The van der Waals surface area contributed by atoms with Crippen LogP contribution in [-0.2, 0) is 17.7 Å². The third kappa shape index (κ3) is 7.75. The Morgan fingerprint density at radius 3 is 2.90 bits per heavy atom. The number of halogens is 1. The first-order valence-corrected chi connectivity index (χ1v) is 10.8. The monoisotopic (exact) mass is 529 g/mol.